The van der Waals surface area contributed by atoms with Gasteiger partial charge in [-0.3, -0.25) is 4.79 Å². The van der Waals surface area contributed by atoms with E-state index in [2.05, 4.69) is 10.1 Å². The van der Waals surface area contributed by atoms with Crippen LogP contribution in [0.2, 0.25) is 0 Å². The van der Waals surface area contributed by atoms with Gasteiger partial charge in [-0.15, -0.1) is 0 Å². The Morgan fingerprint density at radius 3 is 1.92 bits per heavy atom. The standard InChI is InChI=1S/C38H27F10NO2/c39-29-19-28(20-30(21-29)51-38(47,48)35(42)43)36(22-24-9-5-2-6-10-24,49-34(50)26-13-15-33(41)31(18-26)37(44,45)46)27-14-16-32(40)25(17-27)12-11-23-7-3-1-4-8-23/h1-10,13-21,35H,11-12,22H2,(H,49,50)/t36-/m1/s1. The first-order chi connectivity index (χ1) is 24.1. The van der Waals surface area contributed by atoms with Crippen LogP contribution in [0.5, 0.6) is 5.75 Å². The van der Waals surface area contributed by atoms with Crippen LogP contribution in [0.25, 0.3) is 0 Å². The summed E-state index contributed by atoms with van der Waals surface area (Å²) in [5, 5.41) is 2.58. The third-order valence-electron chi connectivity index (χ3n) is 8.11. The van der Waals surface area contributed by atoms with Gasteiger partial charge in [-0.2, -0.15) is 30.7 Å². The molecule has 3 nitrogen and oxygen atoms in total. The van der Waals surface area contributed by atoms with E-state index in [-0.39, 0.29) is 35.6 Å². The van der Waals surface area contributed by atoms with Crippen molar-refractivity contribution >= 4 is 5.91 Å². The number of nitrogens with one attached hydrogen (secondary N) is 1. The van der Waals surface area contributed by atoms with Crippen LogP contribution in [-0.2, 0) is 31.0 Å². The van der Waals surface area contributed by atoms with Gasteiger partial charge >= 0.3 is 18.7 Å². The van der Waals surface area contributed by atoms with Gasteiger partial charge in [-0.1, -0.05) is 72.8 Å². The molecule has 0 unspecified atom stereocenters. The number of hydrogen-bond acceptors (Lipinski definition) is 2. The molecule has 0 radical (unpaired) electrons. The summed E-state index contributed by atoms with van der Waals surface area (Å²) < 4.78 is 144. The zero-order valence-corrected chi connectivity index (χ0v) is 26.3. The number of carbonyl (C=O) groups is 1. The van der Waals surface area contributed by atoms with E-state index in [1.807, 2.05) is 12.1 Å². The summed E-state index contributed by atoms with van der Waals surface area (Å²) in [5.74, 6) is -5.94. The molecule has 0 spiro atoms. The topological polar surface area (TPSA) is 38.3 Å². The van der Waals surface area contributed by atoms with Crippen LogP contribution in [0, 0.1) is 17.5 Å². The monoisotopic (exact) mass is 719 g/mol. The summed E-state index contributed by atoms with van der Waals surface area (Å²) in [7, 11) is 0. The van der Waals surface area contributed by atoms with Gasteiger partial charge in [0.25, 0.3) is 5.91 Å². The molecule has 0 aliphatic rings. The lowest BCUT2D eigenvalue weighted by Gasteiger charge is -2.37. The third kappa shape index (κ3) is 8.70. The molecule has 0 aliphatic heterocycles. The van der Waals surface area contributed by atoms with Crippen LogP contribution in [0.3, 0.4) is 0 Å². The van der Waals surface area contributed by atoms with E-state index >= 15 is 8.78 Å². The molecule has 0 fully saturated rings. The molecule has 1 atom stereocenters. The Balaban J connectivity index is 1.73. The highest BCUT2D eigenvalue weighted by Crippen LogP contribution is 2.39. The smallest absolute Gasteiger partial charge is 0.428 e. The highest BCUT2D eigenvalue weighted by Gasteiger charge is 2.45. The molecule has 5 rings (SSSR count). The number of ether oxygens (including phenoxy) is 1. The normalized spacial score (nSPS) is 13.2. The maximum absolute atomic E-state index is 15.3. The minimum absolute atomic E-state index is 0.0134. The van der Waals surface area contributed by atoms with Gasteiger partial charge in [0.1, 0.15) is 23.2 Å². The molecule has 0 bridgehead atoms. The summed E-state index contributed by atoms with van der Waals surface area (Å²) in [5.41, 5.74) is -3.59. The zero-order valence-electron chi connectivity index (χ0n) is 26.3. The van der Waals surface area contributed by atoms with E-state index in [1.165, 1.54) is 12.1 Å². The van der Waals surface area contributed by atoms with Crippen LogP contribution >= 0.6 is 0 Å². The van der Waals surface area contributed by atoms with E-state index < -0.39 is 64.5 Å². The molecule has 5 aromatic rings. The molecule has 0 saturated heterocycles. The van der Waals surface area contributed by atoms with E-state index in [0.29, 0.717) is 24.1 Å². The average Bonchev–Trinajstić information content (AvgIpc) is 3.07. The summed E-state index contributed by atoms with van der Waals surface area (Å²) in [6.07, 6.45) is -14.5. The first-order valence-corrected chi connectivity index (χ1v) is 15.3. The largest absolute Gasteiger partial charge is 0.461 e. The molecule has 5 aromatic carbocycles. The molecule has 51 heavy (non-hydrogen) atoms. The Morgan fingerprint density at radius 2 is 1.29 bits per heavy atom. The van der Waals surface area contributed by atoms with Crippen molar-refractivity contribution in [3.05, 3.63) is 172 Å². The second-order valence-corrected chi connectivity index (χ2v) is 11.6. The summed E-state index contributed by atoms with van der Waals surface area (Å²) >= 11 is 0. The van der Waals surface area contributed by atoms with Gasteiger partial charge in [0.15, 0.2) is 0 Å². The average molecular weight is 720 g/mol. The van der Waals surface area contributed by atoms with Crippen molar-refractivity contribution in [2.75, 3.05) is 0 Å². The minimum Gasteiger partial charge on any atom is -0.428 e. The lowest BCUT2D eigenvalue weighted by atomic mass is 9.76. The third-order valence-corrected chi connectivity index (χ3v) is 8.11. The van der Waals surface area contributed by atoms with E-state index in [1.54, 1.807) is 48.5 Å². The molecular weight excluding hydrogens is 692 g/mol. The second-order valence-electron chi connectivity index (χ2n) is 11.6. The number of alkyl halides is 7. The number of halogens is 10. The number of benzene rings is 5. The Hall–Kier alpha value is -5.33. The number of hydrogen-bond donors (Lipinski definition) is 1. The molecule has 0 saturated carbocycles. The van der Waals surface area contributed by atoms with Gasteiger partial charge in [0.05, 0.1) is 11.1 Å². The fourth-order valence-corrected chi connectivity index (χ4v) is 5.64. The Bertz CT molecular complexity index is 1980. The fourth-order valence-electron chi connectivity index (χ4n) is 5.64. The minimum atomic E-state index is -5.20. The quantitative estimate of drug-likeness (QED) is 0.130. The lowest BCUT2D eigenvalue weighted by molar-refractivity contribution is -0.253. The molecule has 13 heteroatoms. The highest BCUT2D eigenvalue weighted by molar-refractivity contribution is 5.95. The first kappa shape index (κ1) is 36.9. The van der Waals surface area contributed by atoms with Crippen molar-refractivity contribution < 1.29 is 53.4 Å². The van der Waals surface area contributed by atoms with Crippen LogP contribution in [0.15, 0.2) is 115 Å². The van der Waals surface area contributed by atoms with Crippen molar-refractivity contribution in [2.45, 2.75) is 43.5 Å². The maximum atomic E-state index is 15.3. The summed E-state index contributed by atoms with van der Waals surface area (Å²) in [4.78, 5) is 13.9. The Morgan fingerprint density at radius 1 is 0.667 bits per heavy atom. The van der Waals surface area contributed by atoms with Gasteiger partial charge in [-0.05, 0) is 77.1 Å². The van der Waals surface area contributed by atoms with E-state index in [9.17, 15) is 39.9 Å². The molecule has 266 valence electrons. The van der Waals surface area contributed by atoms with Gasteiger partial charge in [0.2, 0.25) is 0 Å². The fraction of sp³-hybridized carbons (Fsp3) is 0.184. The Labute approximate surface area is 285 Å². The number of carbonyl (C=O) groups excluding carboxylic acids is 1. The molecular formula is C38H27F10NO2. The van der Waals surface area contributed by atoms with Gasteiger partial charge in [0, 0.05) is 18.1 Å². The van der Waals surface area contributed by atoms with Crippen LogP contribution in [0.4, 0.5) is 43.9 Å². The number of amides is 1. The van der Waals surface area contributed by atoms with Gasteiger partial charge < -0.3 is 10.1 Å². The highest BCUT2D eigenvalue weighted by atomic mass is 19.4. The summed E-state index contributed by atoms with van der Waals surface area (Å²) in [6, 6.07) is 23.9. The molecule has 0 aliphatic carbocycles. The van der Waals surface area contributed by atoms with Crippen molar-refractivity contribution in [3.63, 3.8) is 0 Å². The predicted octanol–water partition coefficient (Wildman–Crippen LogP) is 10.1. The molecule has 1 amide bonds. The second kappa shape index (κ2) is 14.9. The molecule has 0 heterocycles. The zero-order chi connectivity index (χ0) is 37.0. The van der Waals surface area contributed by atoms with Crippen LogP contribution in [0.1, 0.15) is 43.7 Å². The molecule has 0 aromatic heterocycles. The van der Waals surface area contributed by atoms with Crippen LogP contribution < -0.4 is 10.1 Å². The van der Waals surface area contributed by atoms with Crippen molar-refractivity contribution in [1.82, 2.24) is 5.32 Å². The number of aryl methyl sites for hydroxylation is 2. The SMILES string of the molecule is O=C(N[C@@](Cc1ccccc1)(c1cc(F)cc(OC(F)(F)C(F)F)c1)c1ccc(F)c(CCc2ccccc2)c1)c1ccc(F)c(C(F)(F)F)c1. The van der Waals surface area contributed by atoms with Crippen molar-refractivity contribution in [3.8, 4) is 5.75 Å². The summed E-state index contributed by atoms with van der Waals surface area (Å²) in [6.45, 7) is 0. The van der Waals surface area contributed by atoms with Crippen molar-refractivity contribution in [1.29, 1.82) is 0 Å². The van der Waals surface area contributed by atoms with Crippen LogP contribution in [-0.4, -0.2) is 18.4 Å². The van der Waals surface area contributed by atoms with Gasteiger partial charge in [-0.25, -0.2) is 13.2 Å². The van der Waals surface area contributed by atoms with E-state index in [0.717, 1.165) is 29.8 Å². The predicted molar refractivity (Wildman–Crippen MR) is 168 cm³/mol. The number of rotatable bonds is 12. The van der Waals surface area contributed by atoms with Crippen molar-refractivity contribution in [2.24, 2.45) is 0 Å². The maximum Gasteiger partial charge on any atom is 0.461 e. The van der Waals surface area contributed by atoms with E-state index in [4.69, 9.17) is 0 Å². The lowest BCUT2D eigenvalue weighted by Crippen LogP contribution is -2.49. The Kier molecular flexibility index (Phi) is 10.8. The first-order valence-electron chi connectivity index (χ1n) is 15.3. The molecule has 1 N–H and O–H groups in total.